The van der Waals surface area contributed by atoms with E-state index < -0.39 is 0 Å². The first-order chi connectivity index (χ1) is 17.8. The molecule has 0 unspecified atom stereocenters. The quantitative estimate of drug-likeness (QED) is 0.215. The summed E-state index contributed by atoms with van der Waals surface area (Å²) in [7, 11) is 6.68. The lowest BCUT2D eigenvalue weighted by Crippen LogP contribution is -2.19. The van der Waals surface area contributed by atoms with Gasteiger partial charge in [-0.2, -0.15) is 0 Å². The molecular formula is C21H19Cl6N9O2. The third kappa shape index (κ3) is 6.14. The Morgan fingerprint density at radius 1 is 0.763 bits per heavy atom. The molecule has 4 N–H and O–H groups in total. The normalized spacial score (nSPS) is 10.7. The topological polar surface area (TPSA) is 141 Å². The Kier molecular flexibility index (Phi) is 9.45. The lowest BCUT2D eigenvalue weighted by atomic mass is 10.3. The van der Waals surface area contributed by atoms with Gasteiger partial charge in [0.25, 0.3) is 0 Å². The van der Waals surface area contributed by atoms with Crippen molar-refractivity contribution in [2.75, 3.05) is 18.1 Å². The van der Waals surface area contributed by atoms with Crippen molar-refractivity contribution >= 4 is 103 Å². The van der Waals surface area contributed by atoms with Crippen LogP contribution in [0.15, 0.2) is 27.8 Å². The predicted octanol–water partition coefficient (Wildman–Crippen LogP) is 5.16. The van der Waals surface area contributed by atoms with Gasteiger partial charge < -0.3 is 16.0 Å². The summed E-state index contributed by atoms with van der Waals surface area (Å²) in [5.74, 6) is 0. The summed E-state index contributed by atoms with van der Waals surface area (Å²) in [6.45, 7) is 0. The van der Waals surface area contributed by atoms with Gasteiger partial charge in [-0.25, -0.2) is 24.5 Å². The van der Waals surface area contributed by atoms with Gasteiger partial charge in [-0.05, 0) is 0 Å². The fourth-order valence-corrected chi connectivity index (χ4v) is 4.75. The molecule has 0 aliphatic carbocycles. The number of fused-ring (bicyclic) bond motifs is 2. The first-order valence-electron chi connectivity index (χ1n) is 10.3. The number of nitrogen functional groups attached to an aromatic ring is 1. The molecule has 0 radical (unpaired) electrons. The van der Waals surface area contributed by atoms with Gasteiger partial charge >= 0.3 is 11.4 Å². The number of aromatic amines is 1. The van der Waals surface area contributed by atoms with E-state index >= 15 is 0 Å². The number of hydrogen-bond acceptors (Lipinski definition) is 7. The minimum Gasteiger partial charge on any atom is -0.395 e. The number of nitrogens with zero attached hydrogens (tertiary/aromatic N) is 6. The Bertz CT molecular complexity index is 1770. The molecule has 0 amide bonds. The number of pyridine rings is 3. The second-order valence-corrected chi connectivity index (χ2v) is 9.81. The van der Waals surface area contributed by atoms with Crippen LogP contribution in [0.25, 0.3) is 22.1 Å². The van der Waals surface area contributed by atoms with Crippen molar-refractivity contribution in [3.63, 3.8) is 0 Å². The number of aromatic nitrogens is 7. The predicted molar refractivity (Wildman–Crippen MR) is 156 cm³/mol. The van der Waals surface area contributed by atoms with Gasteiger partial charge in [0.2, 0.25) is 0 Å². The third-order valence-electron chi connectivity index (χ3n) is 5.24. The van der Waals surface area contributed by atoms with Crippen LogP contribution in [0.1, 0.15) is 0 Å². The van der Waals surface area contributed by atoms with Crippen LogP contribution >= 0.6 is 69.6 Å². The van der Waals surface area contributed by atoms with E-state index in [0.29, 0.717) is 38.6 Å². The Morgan fingerprint density at radius 2 is 1.29 bits per heavy atom. The average Bonchev–Trinajstić information content (AvgIpc) is 3.25. The molecule has 5 aromatic heterocycles. The fourth-order valence-electron chi connectivity index (χ4n) is 3.31. The second-order valence-electron chi connectivity index (χ2n) is 7.57. The highest BCUT2D eigenvalue weighted by atomic mass is 35.5. The molecule has 0 saturated carbocycles. The maximum Gasteiger partial charge on any atom is 0.328 e. The molecule has 202 valence electrons. The Labute approximate surface area is 245 Å². The van der Waals surface area contributed by atoms with Crippen molar-refractivity contribution < 1.29 is 0 Å². The van der Waals surface area contributed by atoms with Crippen molar-refractivity contribution in [1.82, 2.24) is 33.6 Å². The molecule has 5 rings (SSSR count). The highest BCUT2D eigenvalue weighted by molar-refractivity contribution is 6.37. The molecule has 0 spiro atoms. The van der Waals surface area contributed by atoms with Crippen LogP contribution in [0.3, 0.4) is 0 Å². The number of nitrogens with one attached hydrogen (secondary N) is 2. The first kappa shape index (κ1) is 29.9. The second kappa shape index (κ2) is 12.0. The van der Waals surface area contributed by atoms with E-state index in [1.54, 1.807) is 46.4 Å². The van der Waals surface area contributed by atoms with Crippen LogP contribution in [0, 0.1) is 0 Å². The molecule has 5 heterocycles. The van der Waals surface area contributed by atoms with Gasteiger partial charge in [-0.3, -0.25) is 13.7 Å². The van der Waals surface area contributed by atoms with Gasteiger partial charge in [0, 0.05) is 46.4 Å². The average molecular weight is 642 g/mol. The van der Waals surface area contributed by atoms with E-state index in [-0.39, 0.29) is 37.1 Å². The molecule has 5 aromatic rings. The number of aryl methyl sites for hydroxylation is 3. The summed E-state index contributed by atoms with van der Waals surface area (Å²) in [4.78, 5) is 36.7. The molecule has 0 aromatic carbocycles. The Morgan fingerprint density at radius 3 is 1.89 bits per heavy atom. The highest BCUT2D eigenvalue weighted by Gasteiger charge is 2.13. The van der Waals surface area contributed by atoms with Crippen molar-refractivity contribution in [3.8, 4) is 0 Å². The van der Waals surface area contributed by atoms with Crippen molar-refractivity contribution in [2.45, 2.75) is 0 Å². The largest absolute Gasteiger partial charge is 0.395 e. The lowest BCUT2D eigenvalue weighted by molar-refractivity contribution is 0.795. The van der Waals surface area contributed by atoms with Crippen LogP contribution in [0.2, 0.25) is 30.9 Å². The number of imidazole rings is 2. The molecule has 11 nitrogen and oxygen atoms in total. The van der Waals surface area contributed by atoms with E-state index in [1.807, 2.05) is 0 Å². The fraction of sp³-hybridized carbons (Fsp3) is 0.190. The monoisotopic (exact) mass is 639 g/mol. The SMILES string of the molecule is CNc1cc(Cl)nc(Cl)c1N.Cn1c(=O)[nH]c2c(Cl)nc(Cl)cc21.Cn1c(=O)n(C)c2c(Cl)nc(Cl)cc21. The van der Waals surface area contributed by atoms with E-state index in [0.717, 1.165) is 0 Å². The van der Waals surface area contributed by atoms with E-state index in [4.69, 9.17) is 75.3 Å². The molecule has 0 fully saturated rings. The molecule has 0 aliphatic heterocycles. The zero-order valence-corrected chi connectivity index (χ0v) is 24.6. The summed E-state index contributed by atoms with van der Waals surface area (Å²) >= 11 is 34.3. The van der Waals surface area contributed by atoms with Crippen molar-refractivity contribution in [2.24, 2.45) is 21.1 Å². The number of anilines is 2. The summed E-state index contributed by atoms with van der Waals surface area (Å²) < 4.78 is 4.35. The zero-order chi connectivity index (χ0) is 28.5. The molecule has 0 atom stereocenters. The number of nitrogens with two attached hydrogens (primary N) is 1. The van der Waals surface area contributed by atoms with Crippen LogP contribution in [0.5, 0.6) is 0 Å². The van der Waals surface area contributed by atoms with Gasteiger partial charge in [0.05, 0.1) is 22.4 Å². The summed E-state index contributed by atoms with van der Waals surface area (Å²) in [5, 5.41) is 4.40. The smallest absolute Gasteiger partial charge is 0.328 e. The van der Waals surface area contributed by atoms with Crippen molar-refractivity contribution in [3.05, 3.63) is 70.1 Å². The summed E-state index contributed by atoms with van der Waals surface area (Å²) in [5.41, 5.74) is 8.71. The van der Waals surface area contributed by atoms with E-state index in [1.165, 1.54) is 13.7 Å². The number of H-pyrrole nitrogens is 1. The number of halogens is 6. The third-order valence-corrected chi connectivity index (χ3v) is 6.65. The summed E-state index contributed by atoms with van der Waals surface area (Å²) in [6, 6.07) is 4.81. The van der Waals surface area contributed by atoms with Gasteiger partial charge in [-0.1, -0.05) is 69.6 Å². The van der Waals surface area contributed by atoms with Crippen LogP contribution < -0.4 is 22.4 Å². The Hall–Kier alpha value is -2.67. The molecule has 17 heteroatoms. The van der Waals surface area contributed by atoms with E-state index in [9.17, 15) is 9.59 Å². The lowest BCUT2D eigenvalue weighted by Gasteiger charge is -2.05. The highest BCUT2D eigenvalue weighted by Crippen LogP contribution is 2.27. The molecule has 0 saturated heterocycles. The first-order valence-corrected chi connectivity index (χ1v) is 12.6. The molecule has 0 aliphatic rings. The van der Waals surface area contributed by atoms with Gasteiger partial charge in [-0.15, -0.1) is 0 Å². The van der Waals surface area contributed by atoms with Gasteiger partial charge in [0.15, 0.2) is 15.5 Å². The number of hydrogen-bond donors (Lipinski definition) is 3. The molecule has 0 bridgehead atoms. The minimum atomic E-state index is -0.235. The van der Waals surface area contributed by atoms with Gasteiger partial charge in [0.1, 0.15) is 26.5 Å². The van der Waals surface area contributed by atoms with Crippen LogP contribution in [-0.4, -0.2) is 40.7 Å². The standard InChI is InChI=1S/C8H7Cl2N3O.C7H5Cl2N3O.C6H7Cl2N3/c1-12-4-3-5(9)11-7(10)6(4)13(2)8(12)14;1-12-3-2-4(8)10-6(9)5(3)11-7(12)13;1-10-3-2-4(7)11-6(8)5(3)9/h3H,1-2H3;2H,1H3,(H,11,13);2H,9H2,1H3,(H,10,11). The van der Waals surface area contributed by atoms with Crippen LogP contribution in [0.4, 0.5) is 11.4 Å². The maximum absolute atomic E-state index is 11.5. The molecular weight excluding hydrogens is 623 g/mol. The minimum absolute atomic E-state index is 0.147. The van der Waals surface area contributed by atoms with E-state index in [2.05, 4.69) is 25.3 Å². The number of rotatable bonds is 1. The zero-order valence-electron chi connectivity index (χ0n) is 20.1. The maximum atomic E-state index is 11.5. The summed E-state index contributed by atoms with van der Waals surface area (Å²) in [6.07, 6.45) is 0. The van der Waals surface area contributed by atoms with Crippen molar-refractivity contribution in [1.29, 1.82) is 0 Å². The molecule has 38 heavy (non-hydrogen) atoms. The Balaban J connectivity index is 0.000000159. The van der Waals surface area contributed by atoms with Crippen LogP contribution in [-0.2, 0) is 21.1 Å².